The molecular formula is C13H18BrNOS. The molecule has 2 nitrogen and oxygen atoms in total. The number of thiophene rings is 1. The van der Waals surface area contributed by atoms with Crippen molar-refractivity contribution in [1.29, 1.82) is 0 Å². The van der Waals surface area contributed by atoms with Gasteiger partial charge in [-0.2, -0.15) is 0 Å². The molecule has 1 aliphatic rings. The molecule has 0 aromatic carbocycles. The summed E-state index contributed by atoms with van der Waals surface area (Å²) in [7, 11) is 0. The highest BCUT2D eigenvalue weighted by molar-refractivity contribution is 9.10. The highest BCUT2D eigenvalue weighted by atomic mass is 79.9. The third kappa shape index (κ3) is 3.10. The second kappa shape index (κ2) is 6.01. The number of halogens is 1. The summed E-state index contributed by atoms with van der Waals surface area (Å²) in [6.07, 6.45) is 4.81. The van der Waals surface area contributed by atoms with Gasteiger partial charge in [-0.3, -0.25) is 4.79 Å². The zero-order valence-electron chi connectivity index (χ0n) is 10.1. The van der Waals surface area contributed by atoms with Crippen LogP contribution in [0, 0.1) is 5.92 Å². The van der Waals surface area contributed by atoms with Crippen molar-refractivity contribution < 1.29 is 4.79 Å². The lowest BCUT2D eigenvalue weighted by Crippen LogP contribution is -2.31. The fourth-order valence-corrected chi connectivity index (χ4v) is 3.87. The summed E-state index contributed by atoms with van der Waals surface area (Å²) in [5.41, 5.74) is 0. The van der Waals surface area contributed by atoms with Gasteiger partial charge in [0.1, 0.15) is 4.88 Å². The fraction of sp³-hybridized carbons (Fsp3) is 0.615. The Morgan fingerprint density at radius 1 is 1.53 bits per heavy atom. The van der Waals surface area contributed by atoms with Crippen LogP contribution in [-0.2, 0) is 0 Å². The minimum absolute atomic E-state index is 0.198. The largest absolute Gasteiger partial charge is 0.338 e. The van der Waals surface area contributed by atoms with Crippen molar-refractivity contribution in [3.8, 4) is 0 Å². The first kappa shape index (κ1) is 13.1. The zero-order chi connectivity index (χ0) is 12.3. The van der Waals surface area contributed by atoms with Crippen LogP contribution in [0.4, 0.5) is 0 Å². The smallest absolute Gasteiger partial charge is 0.265 e. The lowest BCUT2D eigenvalue weighted by molar-refractivity contribution is 0.0764. The Morgan fingerprint density at radius 2 is 2.35 bits per heavy atom. The SMILES string of the molecule is CCC1CCCN(C(=O)c2sccc2Br)CC1. The normalized spacial score (nSPS) is 21.3. The van der Waals surface area contributed by atoms with Gasteiger partial charge in [0.2, 0.25) is 0 Å². The van der Waals surface area contributed by atoms with E-state index in [1.807, 2.05) is 16.3 Å². The molecular weight excluding hydrogens is 298 g/mol. The summed E-state index contributed by atoms with van der Waals surface area (Å²) in [6.45, 7) is 4.08. The van der Waals surface area contributed by atoms with Crippen LogP contribution in [0.1, 0.15) is 42.3 Å². The summed E-state index contributed by atoms with van der Waals surface area (Å²) in [4.78, 5) is 15.2. The highest BCUT2D eigenvalue weighted by Gasteiger charge is 2.22. The molecule has 1 fully saturated rings. The van der Waals surface area contributed by atoms with Crippen LogP contribution < -0.4 is 0 Å². The molecule has 1 aliphatic heterocycles. The van der Waals surface area contributed by atoms with Crippen LogP contribution in [0.25, 0.3) is 0 Å². The van der Waals surface area contributed by atoms with Gasteiger partial charge < -0.3 is 4.90 Å². The topological polar surface area (TPSA) is 20.3 Å². The van der Waals surface area contributed by atoms with Crippen molar-refractivity contribution in [2.45, 2.75) is 32.6 Å². The number of carbonyl (C=O) groups excluding carboxylic acids is 1. The van der Waals surface area contributed by atoms with E-state index in [1.54, 1.807) is 0 Å². The first-order chi connectivity index (χ1) is 8.22. The van der Waals surface area contributed by atoms with E-state index in [-0.39, 0.29) is 5.91 Å². The van der Waals surface area contributed by atoms with Crippen LogP contribution in [-0.4, -0.2) is 23.9 Å². The Balaban J connectivity index is 2.03. The third-order valence-electron chi connectivity index (χ3n) is 3.52. The molecule has 0 N–H and O–H groups in total. The summed E-state index contributed by atoms with van der Waals surface area (Å²) < 4.78 is 0.934. The highest BCUT2D eigenvalue weighted by Crippen LogP contribution is 2.26. The summed E-state index contributed by atoms with van der Waals surface area (Å²) in [6, 6.07) is 1.95. The van der Waals surface area contributed by atoms with Gasteiger partial charge in [0.25, 0.3) is 5.91 Å². The lowest BCUT2D eigenvalue weighted by atomic mass is 9.98. The number of hydrogen-bond donors (Lipinski definition) is 0. The van der Waals surface area contributed by atoms with Gasteiger partial charge in [0.15, 0.2) is 0 Å². The van der Waals surface area contributed by atoms with E-state index >= 15 is 0 Å². The average molecular weight is 316 g/mol. The maximum Gasteiger partial charge on any atom is 0.265 e. The molecule has 0 aliphatic carbocycles. The number of nitrogens with zero attached hydrogens (tertiary/aromatic N) is 1. The van der Waals surface area contributed by atoms with E-state index < -0.39 is 0 Å². The van der Waals surface area contributed by atoms with Crippen molar-refractivity contribution in [1.82, 2.24) is 4.90 Å². The van der Waals surface area contributed by atoms with Crippen LogP contribution in [0.15, 0.2) is 15.9 Å². The minimum atomic E-state index is 0.198. The van der Waals surface area contributed by atoms with Gasteiger partial charge >= 0.3 is 0 Å². The van der Waals surface area contributed by atoms with Crippen molar-refractivity contribution in [3.05, 3.63) is 20.8 Å². The molecule has 1 aromatic heterocycles. The van der Waals surface area contributed by atoms with E-state index in [1.165, 1.54) is 24.2 Å². The van der Waals surface area contributed by atoms with Gasteiger partial charge in [-0.25, -0.2) is 0 Å². The van der Waals surface area contributed by atoms with Gasteiger partial charge in [-0.05, 0) is 52.6 Å². The maximum atomic E-state index is 12.3. The van der Waals surface area contributed by atoms with E-state index in [4.69, 9.17) is 0 Å². The predicted molar refractivity (Wildman–Crippen MR) is 75.6 cm³/mol. The van der Waals surface area contributed by atoms with E-state index in [9.17, 15) is 4.79 Å². The first-order valence-corrected chi connectivity index (χ1v) is 7.92. The summed E-state index contributed by atoms with van der Waals surface area (Å²) in [5, 5.41) is 1.96. The first-order valence-electron chi connectivity index (χ1n) is 6.24. The standard InChI is InChI=1S/C13H18BrNOS/c1-2-10-4-3-7-15(8-5-10)13(16)12-11(14)6-9-17-12/h6,9-10H,2-5,7-8H2,1H3. The average Bonchev–Trinajstić information content (AvgIpc) is 2.64. The molecule has 1 saturated heterocycles. The van der Waals surface area contributed by atoms with Crippen LogP contribution in [0.2, 0.25) is 0 Å². The molecule has 4 heteroatoms. The van der Waals surface area contributed by atoms with Crippen molar-refractivity contribution in [2.24, 2.45) is 5.92 Å². The lowest BCUT2D eigenvalue weighted by Gasteiger charge is -2.20. The number of likely N-dealkylation sites (tertiary alicyclic amines) is 1. The van der Waals surface area contributed by atoms with Crippen LogP contribution in [0.3, 0.4) is 0 Å². The van der Waals surface area contributed by atoms with Gasteiger partial charge in [-0.15, -0.1) is 11.3 Å². The molecule has 1 unspecified atom stereocenters. The molecule has 17 heavy (non-hydrogen) atoms. The molecule has 2 heterocycles. The molecule has 0 bridgehead atoms. The van der Waals surface area contributed by atoms with E-state index in [0.717, 1.165) is 41.2 Å². The predicted octanol–water partition coefficient (Wildman–Crippen LogP) is 4.16. The molecule has 1 aromatic rings. The van der Waals surface area contributed by atoms with Gasteiger partial charge in [0, 0.05) is 17.6 Å². The molecule has 0 spiro atoms. The minimum Gasteiger partial charge on any atom is -0.338 e. The van der Waals surface area contributed by atoms with E-state index in [2.05, 4.69) is 22.9 Å². The Kier molecular flexibility index (Phi) is 4.62. The quantitative estimate of drug-likeness (QED) is 0.802. The Hall–Kier alpha value is -0.350. The maximum absolute atomic E-state index is 12.3. The third-order valence-corrected chi connectivity index (χ3v) is 5.35. The molecule has 0 radical (unpaired) electrons. The van der Waals surface area contributed by atoms with E-state index in [0.29, 0.717) is 0 Å². The Morgan fingerprint density at radius 3 is 3.00 bits per heavy atom. The molecule has 2 rings (SSSR count). The molecule has 0 saturated carbocycles. The summed E-state index contributed by atoms with van der Waals surface area (Å²) in [5.74, 6) is 1.00. The number of rotatable bonds is 2. The number of amides is 1. The zero-order valence-corrected chi connectivity index (χ0v) is 12.5. The summed E-state index contributed by atoms with van der Waals surface area (Å²) >= 11 is 4.97. The number of carbonyl (C=O) groups is 1. The van der Waals surface area contributed by atoms with Crippen LogP contribution in [0.5, 0.6) is 0 Å². The molecule has 1 amide bonds. The van der Waals surface area contributed by atoms with Crippen molar-refractivity contribution in [3.63, 3.8) is 0 Å². The van der Waals surface area contributed by atoms with Crippen LogP contribution >= 0.6 is 27.3 Å². The van der Waals surface area contributed by atoms with Crippen molar-refractivity contribution >= 4 is 33.2 Å². The Labute approximate surface area is 115 Å². The molecule has 94 valence electrons. The van der Waals surface area contributed by atoms with Gasteiger partial charge in [-0.1, -0.05) is 13.3 Å². The molecule has 1 atom stereocenters. The number of hydrogen-bond acceptors (Lipinski definition) is 2. The van der Waals surface area contributed by atoms with Gasteiger partial charge in [0.05, 0.1) is 0 Å². The monoisotopic (exact) mass is 315 g/mol. The fourth-order valence-electron chi connectivity index (χ4n) is 2.37. The Bertz CT molecular complexity index is 391. The second-order valence-corrected chi connectivity index (χ2v) is 6.37. The van der Waals surface area contributed by atoms with Crippen molar-refractivity contribution in [2.75, 3.05) is 13.1 Å². The second-order valence-electron chi connectivity index (χ2n) is 4.60.